The van der Waals surface area contributed by atoms with E-state index in [0.717, 1.165) is 64.0 Å². The van der Waals surface area contributed by atoms with Gasteiger partial charge in [-0.05, 0) is 47.5 Å². The summed E-state index contributed by atoms with van der Waals surface area (Å²) >= 11 is 0. The summed E-state index contributed by atoms with van der Waals surface area (Å²) in [5.41, 5.74) is 5.93. The zero-order valence-corrected chi connectivity index (χ0v) is 22.4. The van der Waals surface area contributed by atoms with Gasteiger partial charge in [-0.15, -0.1) is 0 Å². The van der Waals surface area contributed by atoms with Gasteiger partial charge in [0.2, 0.25) is 0 Å². The van der Waals surface area contributed by atoms with Gasteiger partial charge in [0.1, 0.15) is 29.9 Å². The number of hydrogen-bond donors (Lipinski definition) is 2. The Hall–Kier alpha value is -4.50. The Bertz CT molecular complexity index is 1620. The van der Waals surface area contributed by atoms with Crippen LogP contribution in [0.1, 0.15) is 28.4 Å². The highest BCUT2D eigenvalue weighted by atomic mass is 16.5. The molecule has 9 nitrogen and oxygen atoms in total. The molecule has 3 aliphatic heterocycles. The van der Waals surface area contributed by atoms with Crippen LogP contribution in [0.4, 0.5) is 17.2 Å². The number of hydrogen-bond acceptors (Lipinski definition) is 8. The average molecular weight is 538 g/mol. The van der Waals surface area contributed by atoms with Crippen LogP contribution in [0.3, 0.4) is 0 Å². The summed E-state index contributed by atoms with van der Waals surface area (Å²) in [7, 11) is 2.03. The number of H-pyrrole nitrogens is 1. The number of anilines is 3. The van der Waals surface area contributed by atoms with Gasteiger partial charge < -0.3 is 34.3 Å². The fourth-order valence-electron chi connectivity index (χ4n) is 5.65. The maximum Gasteiger partial charge on any atom is 0.271 e. The molecule has 0 spiro atoms. The number of aromatic nitrogens is 2. The van der Waals surface area contributed by atoms with E-state index < -0.39 is 0 Å². The Morgan fingerprint density at radius 1 is 1.05 bits per heavy atom. The number of ether oxygens (including phenoxy) is 3. The summed E-state index contributed by atoms with van der Waals surface area (Å²) in [5.74, 6) is 3.43. The SMILES string of the molecule is CN1CCOc2cc(CNc3ccc4c(c3)Cc3cccc(C5CN(c6ccc[nH]c6=O)CCO5)c3O4)cnc21. The van der Waals surface area contributed by atoms with Crippen molar-refractivity contribution in [2.75, 3.05) is 55.0 Å². The van der Waals surface area contributed by atoms with E-state index in [4.69, 9.17) is 14.2 Å². The van der Waals surface area contributed by atoms with Gasteiger partial charge in [0.05, 0.1) is 13.2 Å². The van der Waals surface area contributed by atoms with Crippen LogP contribution in [-0.4, -0.2) is 49.9 Å². The number of nitrogens with zero attached hydrogens (tertiary/aromatic N) is 3. The zero-order valence-electron chi connectivity index (χ0n) is 22.4. The largest absolute Gasteiger partial charge is 0.488 e. The summed E-state index contributed by atoms with van der Waals surface area (Å²) < 4.78 is 18.5. The number of nitrogens with one attached hydrogen (secondary N) is 2. The van der Waals surface area contributed by atoms with Crippen LogP contribution >= 0.6 is 0 Å². The third kappa shape index (κ3) is 4.62. The van der Waals surface area contributed by atoms with Crippen LogP contribution in [0.5, 0.6) is 17.2 Å². The molecule has 3 aliphatic rings. The number of para-hydroxylation sites is 1. The number of morpholine rings is 1. The maximum atomic E-state index is 12.4. The van der Waals surface area contributed by atoms with Crippen molar-refractivity contribution >= 4 is 17.2 Å². The highest BCUT2D eigenvalue weighted by Crippen LogP contribution is 2.43. The molecule has 0 bridgehead atoms. The van der Waals surface area contributed by atoms with Gasteiger partial charge in [-0.1, -0.05) is 18.2 Å². The van der Waals surface area contributed by atoms with Gasteiger partial charge in [-0.2, -0.15) is 0 Å². The predicted molar refractivity (Wildman–Crippen MR) is 154 cm³/mol. The lowest BCUT2D eigenvalue weighted by molar-refractivity contribution is 0.0383. The van der Waals surface area contributed by atoms with E-state index in [1.807, 2.05) is 37.5 Å². The molecule has 0 aliphatic carbocycles. The van der Waals surface area contributed by atoms with Crippen molar-refractivity contribution < 1.29 is 14.2 Å². The van der Waals surface area contributed by atoms with Crippen LogP contribution in [0, 0.1) is 0 Å². The van der Waals surface area contributed by atoms with E-state index in [9.17, 15) is 4.79 Å². The first-order chi connectivity index (χ1) is 19.6. The minimum Gasteiger partial charge on any atom is -0.488 e. The minimum atomic E-state index is -0.195. The smallest absolute Gasteiger partial charge is 0.271 e. The van der Waals surface area contributed by atoms with Crippen molar-refractivity contribution in [1.29, 1.82) is 0 Å². The highest BCUT2D eigenvalue weighted by molar-refractivity contribution is 5.60. The van der Waals surface area contributed by atoms with E-state index >= 15 is 0 Å². The molecule has 2 N–H and O–H groups in total. The second kappa shape index (κ2) is 10.2. The molecule has 2 aromatic heterocycles. The lowest BCUT2D eigenvalue weighted by Crippen LogP contribution is -2.41. The average Bonchev–Trinajstić information content (AvgIpc) is 2.99. The van der Waals surface area contributed by atoms with Crippen LogP contribution in [0.25, 0.3) is 0 Å². The molecule has 0 saturated carbocycles. The molecule has 4 aromatic rings. The standard InChI is InChI=1S/C31H31N5O4/c1-35-10-12-38-27-14-20(18-34-30(27)35)17-33-23-7-8-26-22(16-23)15-21-4-2-5-24(29(21)40-26)28-19-36(11-13-39-28)25-6-3-9-32-31(25)37/h2-9,14,16,18,28,33H,10-13,15,17,19H2,1H3,(H,32,37). The number of likely N-dealkylation sites (N-methyl/N-ethyl adjacent to an activating group) is 1. The molecule has 9 heteroatoms. The second-order valence-corrected chi connectivity index (χ2v) is 10.4. The summed E-state index contributed by atoms with van der Waals surface area (Å²) in [4.78, 5) is 23.9. The molecule has 40 heavy (non-hydrogen) atoms. The van der Waals surface area contributed by atoms with Gasteiger partial charge in [0, 0.05) is 62.3 Å². The zero-order chi connectivity index (χ0) is 27.1. The second-order valence-electron chi connectivity index (χ2n) is 10.4. The topological polar surface area (TPSA) is 92.0 Å². The number of fused-ring (bicyclic) bond motifs is 3. The molecule has 1 saturated heterocycles. The molecular formula is C31H31N5O4. The summed E-state index contributed by atoms with van der Waals surface area (Å²) in [5, 5.41) is 3.52. The van der Waals surface area contributed by atoms with Crippen molar-refractivity contribution in [3.8, 4) is 17.2 Å². The lowest BCUT2D eigenvalue weighted by Gasteiger charge is -2.35. The molecule has 204 valence electrons. The predicted octanol–water partition coefficient (Wildman–Crippen LogP) is 4.49. The van der Waals surface area contributed by atoms with Gasteiger partial charge >= 0.3 is 0 Å². The first kappa shape index (κ1) is 24.5. The van der Waals surface area contributed by atoms with Crippen molar-refractivity contribution in [3.05, 3.63) is 99.6 Å². The van der Waals surface area contributed by atoms with Crippen LogP contribution in [0.2, 0.25) is 0 Å². The first-order valence-electron chi connectivity index (χ1n) is 13.7. The Morgan fingerprint density at radius 2 is 2.00 bits per heavy atom. The third-order valence-corrected chi connectivity index (χ3v) is 7.76. The van der Waals surface area contributed by atoms with Gasteiger partial charge in [-0.3, -0.25) is 4.79 Å². The van der Waals surface area contributed by atoms with E-state index in [2.05, 4.69) is 55.4 Å². The lowest BCUT2D eigenvalue weighted by atomic mass is 9.95. The number of pyridine rings is 2. The highest BCUT2D eigenvalue weighted by Gasteiger charge is 2.29. The van der Waals surface area contributed by atoms with Crippen LogP contribution < -0.4 is 30.1 Å². The molecule has 2 aromatic carbocycles. The van der Waals surface area contributed by atoms with Crippen molar-refractivity contribution in [1.82, 2.24) is 9.97 Å². The molecule has 1 unspecified atom stereocenters. The first-order valence-corrected chi connectivity index (χ1v) is 13.7. The summed E-state index contributed by atoms with van der Waals surface area (Å²) in [6.07, 6.45) is 4.13. The normalized spacial score (nSPS) is 17.7. The van der Waals surface area contributed by atoms with Crippen molar-refractivity contribution in [2.45, 2.75) is 19.1 Å². The van der Waals surface area contributed by atoms with Crippen LogP contribution in [-0.2, 0) is 17.7 Å². The third-order valence-electron chi connectivity index (χ3n) is 7.76. The molecule has 1 fully saturated rings. The van der Waals surface area contributed by atoms with Gasteiger partial charge in [0.25, 0.3) is 5.56 Å². The number of benzene rings is 2. The summed E-state index contributed by atoms with van der Waals surface area (Å²) in [6, 6.07) is 18.2. The van der Waals surface area contributed by atoms with E-state index in [1.165, 1.54) is 0 Å². The molecule has 1 atom stereocenters. The molecule has 7 rings (SSSR count). The van der Waals surface area contributed by atoms with E-state index in [1.54, 1.807) is 6.20 Å². The van der Waals surface area contributed by atoms with Crippen molar-refractivity contribution in [2.24, 2.45) is 0 Å². The Kier molecular flexibility index (Phi) is 6.28. The monoisotopic (exact) mass is 537 g/mol. The van der Waals surface area contributed by atoms with Crippen molar-refractivity contribution in [3.63, 3.8) is 0 Å². The fraction of sp³-hybridized carbons (Fsp3) is 0.290. The van der Waals surface area contributed by atoms with E-state index in [0.29, 0.717) is 38.5 Å². The number of aromatic amines is 1. The molecule has 0 amide bonds. The Balaban J connectivity index is 1.07. The Labute approximate surface area is 232 Å². The minimum absolute atomic E-state index is 0.0864. The molecule has 5 heterocycles. The molecular weight excluding hydrogens is 506 g/mol. The maximum absolute atomic E-state index is 12.4. The molecule has 0 radical (unpaired) electrons. The van der Waals surface area contributed by atoms with Gasteiger partial charge in [-0.25, -0.2) is 4.98 Å². The Morgan fingerprint density at radius 3 is 2.92 bits per heavy atom. The van der Waals surface area contributed by atoms with Gasteiger partial charge in [0.15, 0.2) is 11.6 Å². The van der Waals surface area contributed by atoms with Crippen LogP contribution in [0.15, 0.2) is 71.8 Å². The number of rotatable bonds is 5. The quantitative estimate of drug-likeness (QED) is 0.339. The van der Waals surface area contributed by atoms with E-state index in [-0.39, 0.29) is 11.7 Å². The fourth-order valence-corrected chi connectivity index (χ4v) is 5.65. The summed E-state index contributed by atoms with van der Waals surface area (Å²) in [6.45, 7) is 3.96.